The van der Waals surface area contributed by atoms with Crippen LogP contribution in [0.3, 0.4) is 0 Å². The van der Waals surface area contributed by atoms with E-state index in [9.17, 15) is 4.39 Å². The summed E-state index contributed by atoms with van der Waals surface area (Å²) in [6.07, 6.45) is 1.33. The maximum Gasteiger partial charge on any atom is 0.118 e. The lowest BCUT2D eigenvalue weighted by Crippen LogP contribution is -1.81. The predicted octanol–water partition coefficient (Wildman–Crippen LogP) is 1.97. The highest BCUT2D eigenvalue weighted by atomic mass is 19.1. The maximum atomic E-state index is 11.5. The second-order valence-corrected chi connectivity index (χ2v) is 1.95. The molecule has 0 heterocycles. The van der Waals surface area contributed by atoms with Crippen LogP contribution in [-0.4, -0.2) is 7.11 Å². The minimum absolute atomic E-state index is 0.647. The number of halogens is 1. The van der Waals surface area contributed by atoms with Crippen LogP contribution in [-0.2, 0) is 0 Å². The third-order valence-electron chi connectivity index (χ3n) is 1.28. The first-order valence-electron chi connectivity index (χ1n) is 3.12. The molecule has 0 unspecified atom stereocenters. The minimum atomic E-state index is 0.647. The average molecular weight is 150 g/mol. The minimum Gasteiger partial charge on any atom is -0.497 e. The van der Waals surface area contributed by atoms with Gasteiger partial charge in [0, 0.05) is 5.56 Å². The molecule has 56 valence electrons. The SMILES string of the molecule is COc1ccc(C#CF)cc1. The molecular formula is C9H7FO. The fraction of sp³-hybridized carbons (Fsp3) is 0.111. The maximum absolute atomic E-state index is 11.5. The van der Waals surface area contributed by atoms with Crippen LogP contribution < -0.4 is 4.74 Å². The second-order valence-electron chi connectivity index (χ2n) is 1.95. The Kier molecular flexibility index (Phi) is 2.51. The summed E-state index contributed by atoms with van der Waals surface area (Å²) in [4.78, 5) is 0. The summed E-state index contributed by atoms with van der Waals surface area (Å²) >= 11 is 0. The quantitative estimate of drug-likeness (QED) is 0.556. The van der Waals surface area contributed by atoms with E-state index in [2.05, 4.69) is 5.92 Å². The largest absolute Gasteiger partial charge is 0.497 e. The van der Waals surface area contributed by atoms with Gasteiger partial charge in [0.05, 0.1) is 7.11 Å². The molecule has 0 spiro atoms. The Morgan fingerprint density at radius 3 is 2.36 bits per heavy atom. The van der Waals surface area contributed by atoms with E-state index in [0.29, 0.717) is 5.56 Å². The van der Waals surface area contributed by atoms with Crippen LogP contribution in [0.25, 0.3) is 0 Å². The smallest absolute Gasteiger partial charge is 0.118 e. The monoisotopic (exact) mass is 150 g/mol. The van der Waals surface area contributed by atoms with E-state index in [1.807, 2.05) is 0 Å². The van der Waals surface area contributed by atoms with E-state index in [-0.39, 0.29) is 0 Å². The van der Waals surface area contributed by atoms with Crippen molar-refractivity contribution < 1.29 is 9.13 Å². The van der Waals surface area contributed by atoms with Gasteiger partial charge in [-0.1, -0.05) is 0 Å². The van der Waals surface area contributed by atoms with Gasteiger partial charge in [-0.05, 0) is 30.2 Å². The topological polar surface area (TPSA) is 9.23 Å². The predicted molar refractivity (Wildman–Crippen MR) is 41.0 cm³/mol. The zero-order valence-corrected chi connectivity index (χ0v) is 6.10. The van der Waals surface area contributed by atoms with Gasteiger partial charge in [0.1, 0.15) is 11.9 Å². The van der Waals surface area contributed by atoms with E-state index < -0.39 is 0 Å². The fourth-order valence-electron chi connectivity index (χ4n) is 0.729. The first kappa shape index (κ1) is 7.62. The van der Waals surface area contributed by atoms with E-state index in [0.717, 1.165) is 5.75 Å². The van der Waals surface area contributed by atoms with Crippen molar-refractivity contribution in [3.63, 3.8) is 0 Å². The first-order valence-corrected chi connectivity index (χ1v) is 3.12. The molecule has 0 N–H and O–H groups in total. The third kappa shape index (κ3) is 1.98. The molecule has 0 saturated carbocycles. The Morgan fingerprint density at radius 1 is 1.27 bits per heavy atom. The highest BCUT2D eigenvalue weighted by Crippen LogP contribution is 2.09. The molecule has 0 radical (unpaired) electrons. The lowest BCUT2D eigenvalue weighted by atomic mass is 10.2. The first-order chi connectivity index (χ1) is 5.36. The molecule has 0 fully saturated rings. The van der Waals surface area contributed by atoms with Crippen molar-refractivity contribution in [2.75, 3.05) is 7.11 Å². The number of rotatable bonds is 1. The summed E-state index contributed by atoms with van der Waals surface area (Å²) in [5.41, 5.74) is 0.647. The Bertz CT molecular complexity index is 279. The molecule has 0 aliphatic carbocycles. The molecule has 0 aliphatic rings. The van der Waals surface area contributed by atoms with Gasteiger partial charge in [0.15, 0.2) is 0 Å². The number of hydrogen-bond acceptors (Lipinski definition) is 1. The molecule has 0 atom stereocenters. The number of methoxy groups -OCH3 is 1. The molecule has 1 rings (SSSR count). The van der Waals surface area contributed by atoms with Gasteiger partial charge in [-0.3, -0.25) is 0 Å². The van der Waals surface area contributed by atoms with Crippen molar-refractivity contribution in [3.05, 3.63) is 29.8 Å². The normalized spacial score (nSPS) is 8.18. The molecule has 0 aliphatic heterocycles. The molecule has 1 aromatic carbocycles. The van der Waals surface area contributed by atoms with Crippen molar-refractivity contribution in [2.24, 2.45) is 0 Å². The zero-order valence-electron chi connectivity index (χ0n) is 6.10. The van der Waals surface area contributed by atoms with Crippen LogP contribution in [0, 0.1) is 12.1 Å². The Hall–Kier alpha value is -1.49. The van der Waals surface area contributed by atoms with E-state index in [1.54, 1.807) is 31.4 Å². The van der Waals surface area contributed by atoms with E-state index >= 15 is 0 Å². The molecule has 1 nitrogen and oxygen atoms in total. The lowest BCUT2D eigenvalue weighted by Gasteiger charge is -1.96. The summed E-state index contributed by atoms with van der Waals surface area (Å²) in [6.45, 7) is 0. The molecule has 0 aromatic heterocycles. The highest BCUT2D eigenvalue weighted by Gasteiger charge is 1.88. The zero-order chi connectivity index (χ0) is 8.10. The molecule has 11 heavy (non-hydrogen) atoms. The molecule has 2 heteroatoms. The van der Waals surface area contributed by atoms with Gasteiger partial charge < -0.3 is 4.74 Å². The summed E-state index contributed by atoms with van der Waals surface area (Å²) in [5.74, 6) is 3.03. The van der Waals surface area contributed by atoms with E-state index in [1.165, 1.54) is 6.17 Å². The summed E-state index contributed by atoms with van der Waals surface area (Å²) in [6, 6.07) is 6.87. The lowest BCUT2D eigenvalue weighted by molar-refractivity contribution is 0.415. The van der Waals surface area contributed by atoms with E-state index in [4.69, 9.17) is 4.74 Å². The van der Waals surface area contributed by atoms with Crippen LogP contribution in [0.15, 0.2) is 24.3 Å². The second kappa shape index (κ2) is 3.62. The number of ether oxygens (including phenoxy) is 1. The Morgan fingerprint density at radius 2 is 1.91 bits per heavy atom. The molecule has 0 amide bonds. The molecular weight excluding hydrogens is 143 g/mol. The Balaban J connectivity index is 2.88. The van der Waals surface area contributed by atoms with Crippen molar-refractivity contribution >= 4 is 0 Å². The summed E-state index contributed by atoms with van der Waals surface area (Å²) in [7, 11) is 1.58. The van der Waals surface area contributed by atoms with Gasteiger partial charge in [0.2, 0.25) is 0 Å². The van der Waals surface area contributed by atoms with Crippen molar-refractivity contribution in [2.45, 2.75) is 0 Å². The van der Waals surface area contributed by atoms with Crippen molar-refractivity contribution in [1.29, 1.82) is 0 Å². The highest BCUT2D eigenvalue weighted by molar-refractivity contribution is 5.37. The van der Waals surface area contributed by atoms with Gasteiger partial charge in [-0.25, -0.2) is 0 Å². The van der Waals surface area contributed by atoms with Crippen LogP contribution in [0.5, 0.6) is 5.75 Å². The fourth-order valence-corrected chi connectivity index (χ4v) is 0.729. The summed E-state index contributed by atoms with van der Waals surface area (Å²) < 4.78 is 16.4. The molecule has 0 saturated heterocycles. The van der Waals surface area contributed by atoms with Gasteiger partial charge in [-0.15, -0.1) is 4.39 Å². The third-order valence-corrected chi connectivity index (χ3v) is 1.28. The van der Waals surface area contributed by atoms with Gasteiger partial charge >= 0.3 is 0 Å². The van der Waals surface area contributed by atoms with Crippen LogP contribution in [0.1, 0.15) is 5.56 Å². The van der Waals surface area contributed by atoms with Gasteiger partial charge in [0.25, 0.3) is 0 Å². The number of benzene rings is 1. The van der Waals surface area contributed by atoms with Crippen molar-refractivity contribution in [1.82, 2.24) is 0 Å². The standard InChI is InChI=1S/C9H7FO/c1-11-9-4-2-8(3-5-9)6-7-10/h2-5H,1H3. The average Bonchev–Trinajstić information content (AvgIpc) is 2.07. The van der Waals surface area contributed by atoms with Crippen LogP contribution >= 0.6 is 0 Å². The summed E-state index contributed by atoms with van der Waals surface area (Å²) in [5, 5.41) is 0. The Labute approximate surface area is 64.8 Å². The van der Waals surface area contributed by atoms with Crippen LogP contribution in [0.4, 0.5) is 4.39 Å². The molecule has 1 aromatic rings. The van der Waals surface area contributed by atoms with Crippen LogP contribution in [0.2, 0.25) is 0 Å². The number of hydrogen-bond donors (Lipinski definition) is 0. The molecule has 0 bridgehead atoms. The van der Waals surface area contributed by atoms with Crippen molar-refractivity contribution in [3.8, 4) is 17.8 Å². The van der Waals surface area contributed by atoms with Gasteiger partial charge in [-0.2, -0.15) is 0 Å².